The number of aromatic nitrogens is 2. The second-order valence-electron chi connectivity index (χ2n) is 6.13. The third kappa shape index (κ3) is 4.37. The number of carbonyl (C=O) groups is 1. The molecule has 3 aromatic rings. The molecule has 1 aromatic heterocycles. The highest BCUT2D eigenvalue weighted by molar-refractivity contribution is 5.96. The van der Waals surface area contributed by atoms with E-state index < -0.39 is 5.91 Å². The number of amides is 1. The molecule has 0 radical (unpaired) electrons. The third-order valence-electron chi connectivity index (χ3n) is 4.30. The summed E-state index contributed by atoms with van der Waals surface area (Å²) in [7, 11) is 1.60. The Morgan fingerprint density at radius 2 is 2.03 bits per heavy atom. The van der Waals surface area contributed by atoms with E-state index in [0.717, 1.165) is 11.3 Å². The number of aromatic hydroxyl groups is 1. The van der Waals surface area contributed by atoms with Crippen LogP contribution in [-0.2, 0) is 0 Å². The lowest BCUT2D eigenvalue weighted by molar-refractivity contribution is 0.0949. The summed E-state index contributed by atoms with van der Waals surface area (Å²) in [4.78, 5) is 12.5. The van der Waals surface area contributed by atoms with Crippen LogP contribution in [0.4, 0.5) is 0 Å². The Morgan fingerprint density at radius 3 is 2.72 bits per heavy atom. The molecule has 1 amide bonds. The molecule has 0 bridgehead atoms. The van der Waals surface area contributed by atoms with Gasteiger partial charge in [-0.05, 0) is 50.2 Å². The summed E-state index contributed by atoms with van der Waals surface area (Å²) >= 11 is 0. The van der Waals surface area contributed by atoms with Gasteiger partial charge in [0.2, 0.25) is 0 Å². The van der Waals surface area contributed by atoms with E-state index in [1.807, 2.05) is 31.2 Å². The second kappa shape index (κ2) is 8.92. The van der Waals surface area contributed by atoms with E-state index >= 15 is 0 Å². The number of nitrogens with one attached hydrogen (secondary N) is 2. The molecule has 0 aliphatic heterocycles. The number of nitrogens with zero attached hydrogens (tertiary/aromatic N) is 2. The van der Waals surface area contributed by atoms with E-state index in [4.69, 9.17) is 9.47 Å². The molecule has 1 heterocycles. The summed E-state index contributed by atoms with van der Waals surface area (Å²) in [6.45, 7) is 4.06. The van der Waals surface area contributed by atoms with Crippen molar-refractivity contribution in [2.45, 2.75) is 13.8 Å². The van der Waals surface area contributed by atoms with E-state index in [1.54, 1.807) is 32.2 Å². The molecule has 0 fully saturated rings. The summed E-state index contributed by atoms with van der Waals surface area (Å²) in [5.41, 5.74) is 5.40. The molecule has 3 N–H and O–H groups in total. The van der Waals surface area contributed by atoms with Crippen LogP contribution in [0, 0.1) is 6.92 Å². The molecule has 0 aliphatic carbocycles. The van der Waals surface area contributed by atoms with E-state index in [2.05, 4.69) is 20.7 Å². The maximum absolute atomic E-state index is 12.5. The van der Waals surface area contributed by atoms with Gasteiger partial charge in [0, 0.05) is 16.7 Å². The van der Waals surface area contributed by atoms with Crippen LogP contribution < -0.4 is 14.9 Å². The van der Waals surface area contributed by atoms with Crippen LogP contribution in [-0.4, -0.2) is 41.1 Å². The zero-order chi connectivity index (χ0) is 20.8. The van der Waals surface area contributed by atoms with Crippen molar-refractivity contribution in [2.24, 2.45) is 5.10 Å². The van der Waals surface area contributed by atoms with Crippen LogP contribution in [0.3, 0.4) is 0 Å². The van der Waals surface area contributed by atoms with Gasteiger partial charge in [-0.3, -0.25) is 9.89 Å². The minimum absolute atomic E-state index is 0.0353. The molecule has 0 aliphatic rings. The normalized spacial score (nSPS) is 10.9. The van der Waals surface area contributed by atoms with E-state index in [1.165, 1.54) is 6.21 Å². The zero-order valence-electron chi connectivity index (χ0n) is 16.4. The molecular weight excluding hydrogens is 372 g/mol. The highest BCUT2D eigenvalue weighted by atomic mass is 16.5. The average molecular weight is 394 g/mol. The van der Waals surface area contributed by atoms with Crippen molar-refractivity contribution in [3.05, 3.63) is 59.3 Å². The van der Waals surface area contributed by atoms with Gasteiger partial charge in [-0.15, -0.1) is 0 Å². The lowest BCUT2D eigenvalue weighted by atomic mass is 10.1. The Kier molecular flexibility index (Phi) is 6.13. The predicted octanol–water partition coefficient (Wildman–Crippen LogP) is 3.26. The van der Waals surface area contributed by atoms with Crippen molar-refractivity contribution < 1.29 is 19.4 Å². The Balaban J connectivity index is 1.72. The van der Waals surface area contributed by atoms with Crippen LogP contribution in [0.1, 0.15) is 28.5 Å². The second-order valence-corrected chi connectivity index (χ2v) is 6.13. The molecule has 3 rings (SSSR count). The summed E-state index contributed by atoms with van der Waals surface area (Å²) < 4.78 is 10.5. The number of carbonyl (C=O) groups excluding carboxylic acids is 1. The highest BCUT2D eigenvalue weighted by Crippen LogP contribution is 2.28. The van der Waals surface area contributed by atoms with Crippen molar-refractivity contribution in [2.75, 3.05) is 13.7 Å². The molecule has 150 valence electrons. The molecule has 0 saturated heterocycles. The molecule has 0 unspecified atom stereocenters. The predicted molar refractivity (Wildman–Crippen MR) is 110 cm³/mol. The number of rotatable bonds is 7. The first kappa shape index (κ1) is 19.9. The van der Waals surface area contributed by atoms with Crippen LogP contribution in [0.15, 0.2) is 47.6 Å². The summed E-state index contributed by atoms with van der Waals surface area (Å²) in [6, 6.07) is 12.5. The topological polar surface area (TPSA) is 109 Å². The fraction of sp³-hybridized carbons (Fsp3) is 0.190. The van der Waals surface area contributed by atoms with Gasteiger partial charge in [-0.2, -0.15) is 10.2 Å². The van der Waals surface area contributed by atoms with Crippen molar-refractivity contribution >= 4 is 12.1 Å². The number of benzene rings is 2. The summed E-state index contributed by atoms with van der Waals surface area (Å²) in [5.74, 6) is 0.626. The number of para-hydroxylation sites is 1. The molecule has 0 atom stereocenters. The van der Waals surface area contributed by atoms with Crippen molar-refractivity contribution in [3.63, 3.8) is 0 Å². The van der Waals surface area contributed by atoms with Crippen LogP contribution >= 0.6 is 0 Å². The standard InChI is InChI=1S/C21H22N4O4/c1-4-29-17-7-5-6-15(20(17)26)12-22-25-21(27)19-13(2)18(23-24-19)14-8-10-16(28-3)11-9-14/h5-12,26H,4H2,1-3H3,(H,23,24)(H,25,27)/b22-12-. The number of hydrogen-bond acceptors (Lipinski definition) is 6. The number of hydrogen-bond donors (Lipinski definition) is 3. The van der Waals surface area contributed by atoms with Crippen LogP contribution in [0.2, 0.25) is 0 Å². The van der Waals surface area contributed by atoms with E-state index in [9.17, 15) is 9.90 Å². The minimum atomic E-state index is -0.438. The Bertz CT molecular complexity index is 1030. The first-order chi connectivity index (χ1) is 14.0. The Hall–Kier alpha value is -3.81. The SMILES string of the molecule is CCOc1cccc(/C=N\NC(=O)c2[nH]nc(-c3ccc(OC)cc3)c2C)c1O. The fourth-order valence-electron chi connectivity index (χ4n) is 2.78. The number of aromatic amines is 1. The third-order valence-corrected chi connectivity index (χ3v) is 4.30. The lowest BCUT2D eigenvalue weighted by Crippen LogP contribution is -2.19. The molecule has 8 heteroatoms. The Morgan fingerprint density at radius 1 is 1.28 bits per heavy atom. The monoisotopic (exact) mass is 394 g/mol. The van der Waals surface area contributed by atoms with Crippen LogP contribution in [0.5, 0.6) is 17.2 Å². The lowest BCUT2D eigenvalue weighted by Gasteiger charge is -2.07. The van der Waals surface area contributed by atoms with Gasteiger partial charge in [0.1, 0.15) is 11.4 Å². The number of phenolic OH excluding ortho intramolecular Hbond substituents is 1. The highest BCUT2D eigenvalue weighted by Gasteiger charge is 2.16. The van der Waals surface area contributed by atoms with Gasteiger partial charge in [0.15, 0.2) is 11.5 Å². The van der Waals surface area contributed by atoms with Gasteiger partial charge < -0.3 is 14.6 Å². The number of ether oxygens (including phenoxy) is 2. The van der Waals surface area contributed by atoms with E-state index in [-0.39, 0.29) is 5.75 Å². The number of hydrazone groups is 1. The largest absolute Gasteiger partial charge is 0.504 e. The summed E-state index contributed by atoms with van der Waals surface area (Å²) in [5, 5.41) is 21.1. The smallest absolute Gasteiger partial charge is 0.289 e. The molecule has 2 aromatic carbocycles. The minimum Gasteiger partial charge on any atom is -0.504 e. The van der Waals surface area contributed by atoms with Crippen LogP contribution in [0.25, 0.3) is 11.3 Å². The van der Waals surface area contributed by atoms with E-state index in [0.29, 0.717) is 34.9 Å². The molecule has 29 heavy (non-hydrogen) atoms. The summed E-state index contributed by atoms with van der Waals surface area (Å²) in [6.07, 6.45) is 1.35. The van der Waals surface area contributed by atoms with Gasteiger partial charge in [-0.1, -0.05) is 6.07 Å². The zero-order valence-corrected chi connectivity index (χ0v) is 16.4. The number of phenols is 1. The van der Waals surface area contributed by atoms with Crippen molar-refractivity contribution in [3.8, 4) is 28.5 Å². The van der Waals surface area contributed by atoms with Crippen molar-refractivity contribution in [1.29, 1.82) is 0 Å². The van der Waals surface area contributed by atoms with Gasteiger partial charge in [0.05, 0.1) is 25.6 Å². The first-order valence-corrected chi connectivity index (χ1v) is 9.02. The maximum Gasteiger partial charge on any atom is 0.289 e. The van der Waals surface area contributed by atoms with Gasteiger partial charge in [-0.25, -0.2) is 5.43 Å². The van der Waals surface area contributed by atoms with Gasteiger partial charge >= 0.3 is 0 Å². The average Bonchev–Trinajstić information content (AvgIpc) is 3.12. The van der Waals surface area contributed by atoms with Crippen molar-refractivity contribution in [1.82, 2.24) is 15.6 Å². The molecule has 8 nitrogen and oxygen atoms in total. The fourth-order valence-corrected chi connectivity index (χ4v) is 2.78. The number of methoxy groups -OCH3 is 1. The van der Waals surface area contributed by atoms with Gasteiger partial charge in [0.25, 0.3) is 5.91 Å². The molecule has 0 saturated carbocycles. The molecule has 0 spiro atoms. The Labute approximate surface area is 168 Å². The number of H-pyrrole nitrogens is 1. The first-order valence-electron chi connectivity index (χ1n) is 9.02. The maximum atomic E-state index is 12.5. The molecular formula is C21H22N4O4. The quantitative estimate of drug-likeness (QED) is 0.421.